The van der Waals surface area contributed by atoms with E-state index in [0.29, 0.717) is 5.56 Å². The highest BCUT2D eigenvalue weighted by Crippen LogP contribution is 2.56. The molecule has 2 amide bonds. The van der Waals surface area contributed by atoms with Crippen molar-refractivity contribution in [1.29, 1.82) is 5.26 Å². The average molecular weight is 409 g/mol. The average Bonchev–Trinajstić information content (AvgIpc) is 3.65. The van der Waals surface area contributed by atoms with E-state index in [4.69, 9.17) is 5.26 Å². The topological polar surface area (TPSA) is 99.0 Å². The molecule has 9 heteroatoms. The fourth-order valence-electron chi connectivity index (χ4n) is 4.23. The van der Waals surface area contributed by atoms with E-state index >= 15 is 4.39 Å². The first-order valence-electron chi connectivity index (χ1n) is 9.71. The molecule has 2 aromatic rings. The number of hydrogen-bond donors (Lipinski definition) is 1. The molecule has 1 spiro atoms. The number of carbonyl (C=O) groups is 2. The van der Waals surface area contributed by atoms with Crippen molar-refractivity contribution in [1.82, 2.24) is 14.9 Å². The molecule has 2 saturated carbocycles. The number of fused-ring (bicyclic) bond motifs is 2. The van der Waals surface area contributed by atoms with Crippen molar-refractivity contribution >= 4 is 17.8 Å². The third kappa shape index (κ3) is 2.91. The summed E-state index contributed by atoms with van der Waals surface area (Å²) in [6, 6.07) is 5.05. The molecule has 1 aliphatic heterocycles. The fourth-order valence-corrected chi connectivity index (χ4v) is 4.23. The zero-order valence-corrected chi connectivity index (χ0v) is 15.9. The molecule has 152 valence electrons. The summed E-state index contributed by atoms with van der Waals surface area (Å²) in [6.45, 7) is -0.380. The second-order valence-corrected chi connectivity index (χ2v) is 8.11. The van der Waals surface area contributed by atoms with Gasteiger partial charge >= 0.3 is 0 Å². The van der Waals surface area contributed by atoms with Crippen molar-refractivity contribution in [2.24, 2.45) is 0 Å². The van der Waals surface area contributed by atoms with Crippen LogP contribution in [0.2, 0.25) is 0 Å². The van der Waals surface area contributed by atoms with Crippen molar-refractivity contribution in [3.63, 3.8) is 0 Å². The van der Waals surface area contributed by atoms with Gasteiger partial charge in [-0.2, -0.15) is 5.26 Å². The molecular formula is C21H17F2N5O2. The number of rotatable bonds is 4. The van der Waals surface area contributed by atoms with Gasteiger partial charge in [-0.1, -0.05) is 6.07 Å². The Labute approximate surface area is 170 Å². The zero-order chi connectivity index (χ0) is 21.0. The summed E-state index contributed by atoms with van der Waals surface area (Å²) in [7, 11) is 0. The first-order valence-corrected chi connectivity index (χ1v) is 9.71. The van der Waals surface area contributed by atoms with Crippen LogP contribution in [0.3, 0.4) is 0 Å². The highest BCUT2D eigenvalue weighted by Gasteiger charge is 2.62. The second kappa shape index (κ2) is 6.55. The van der Waals surface area contributed by atoms with Gasteiger partial charge in [-0.15, -0.1) is 0 Å². The predicted molar refractivity (Wildman–Crippen MR) is 101 cm³/mol. The van der Waals surface area contributed by atoms with E-state index in [0.717, 1.165) is 12.8 Å². The number of anilines is 1. The molecule has 2 atom stereocenters. The van der Waals surface area contributed by atoms with Gasteiger partial charge in [0.25, 0.3) is 5.91 Å². The molecule has 2 fully saturated rings. The standard InChI is InChI=1S/C21H17F2N5O2/c22-15-5-21(15)10-28(9-16(29)27-20-25-7-11(6-24)8-26-20)19(30)14-4-3-13(12-1-2-12)18(23)17(14)21/h3-4,7-8,12,15H,1-2,5,9-10H2,(H,25,26,27,29)/t15-,21-/m1/s1. The van der Waals surface area contributed by atoms with E-state index in [2.05, 4.69) is 15.3 Å². The lowest BCUT2D eigenvalue weighted by Crippen LogP contribution is -2.48. The van der Waals surface area contributed by atoms with Gasteiger partial charge in [-0.05, 0) is 36.8 Å². The highest BCUT2D eigenvalue weighted by molar-refractivity contribution is 6.01. The number of halogens is 2. The van der Waals surface area contributed by atoms with Crippen LogP contribution in [0.15, 0.2) is 24.5 Å². The number of nitriles is 1. The van der Waals surface area contributed by atoms with E-state index < -0.39 is 29.2 Å². The molecular weight excluding hydrogens is 392 g/mol. The van der Waals surface area contributed by atoms with Gasteiger partial charge in [0.1, 0.15) is 24.6 Å². The minimum Gasteiger partial charge on any atom is -0.328 e. The van der Waals surface area contributed by atoms with Crippen molar-refractivity contribution < 1.29 is 18.4 Å². The van der Waals surface area contributed by atoms with E-state index in [1.54, 1.807) is 12.1 Å². The second-order valence-electron chi connectivity index (χ2n) is 8.11. The predicted octanol–water partition coefficient (Wildman–Crippen LogP) is 2.44. The lowest BCUT2D eigenvalue weighted by molar-refractivity contribution is -0.117. The van der Waals surface area contributed by atoms with Crippen LogP contribution < -0.4 is 5.32 Å². The van der Waals surface area contributed by atoms with Gasteiger partial charge in [0, 0.05) is 17.7 Å². The Bertz CT molecular complexity index is 1110. The van der Waals surface area contributed by atoms with Crippen LogP contribution in [0.25, 0.3) is 0 Å². The fraction of sp³-hybridized carbons (Fsp3) is 0.381. The molecule has 30 heavy (non-hydrogen) atoms. The molecule has 5 rings (SSSR count). The quantitative estimate of drug-likeness (QED) is 0.836. The monoisotopic (exact) mass is 409 g/mol. The molecule has 1 aromatic carbocycles. The Balaban J connectivity index is 1.39. The number of alkyl halides is 1. The maximum absolute atomic E-state index is 15.2. The molecule has 2 aliphatic carbocycles. The normalized spacial score (nSPS) is 24.4. The smallest absolute Gasteiger partial charge is 0.254 e. The van der Waals surface area contributed by atoms with Crippen LogP contribution in [0, 0.1) is 17.1 Å². The third-order valence-electron chi connectivity index (χ3n) is 6.03. The van der Waals surface area contributed by atoms with Crippen molar-refractivity contribution in [2.75, 3.05) is 18.4 Å². The Hall–Kier alpha value is -3.41. The number of aromatic nitrogens is 2. The SMILES string of the molecule is N#Cc1cnc(NC(=O)CN2C[C@@]3(C[C@H]3F)c3c(ccc(C4CC4)c3F)C2=O)nc1. The van der Waals surface area contributed by atoms with Crippen LogP contribution in [-0.4, -0.2) is 45.9 Å². The summed E-state index contributed by atoms with van der Waals surface area (Å²) >= 11 is 0. The molecule has 0 saturated heterocycles. The van der Waals surface area contributed by atoms with Gasteiger partial charge < -0.3 is 4.90 Å². The maximum Gasteiger partial charge on any atom is 0.254 e. The van der Waals surface area contributed by atoms with Crippen LogP contribution in [-0.2, 0) is 10.2 Å². The van der Waals surface area contributed by atoms with Crippen molar-refractivity contribution in [3.05, 3.63) is 52.6 Å². The van der Waals surface area contributed by atoms with Crippen molar-refractivity contribution in [2.45, 2.75) is 36.8 Å². The largest absolute Gasteiger partial charge is 0.328 e. The lowest BCUT2D eigenvalue weighted by Gasteiger charge is -2.35. The van der Waals surface area contributed by atoms with E-state index in [9.17, 15) is 14.0 Å². The highest BCUT2D eigenvalue weighted by atomic mass is 19.1. The maximum atomic E-state index is 15.2. The van der Waals surface area contributed by atoms with E-state index in [1.807, 2.05) is 6.07 Å². The van der Waals surface area contributed by atoms with Crippen LogP contribution in [0.1, 0.15) is 52.2 Å². The minimum atomic E-state index is -1.25. The number of hydrogen-bond acceptors (Lipinski definition) is 5. The summed E-state index contributed by atoms with van der Waals surface area (Å²) in [6.07, 6.45) is 3.21. The summed E-state index contributed by atoms with van der Waals surface area (Å²) in [5.41, 5.74) is 0.0307. The Morgan fingerprint density at radius 2 is 2.03 bits per heavy atom. The van der Waals surface area contributed by atoms with E-state index in [1.165, 1.54) is 17.3 Å². The van der Waals surface area contributed by atoms with Crippen molar-refractivity contribution in [3.8, 4) is 6.07 Å². The Morgan fingerprint density at radius 1 is 1.33 bits per heavy atom. The number of carbonyl (C=O) groups excluding carboxylic acids is 2. The molecule has 1 aromatic heterocycles. The van der Waals surface area contributed by atoms with Gasteiger partial charge in [0.15, 0.2) is 0 Å². The molecule has 0 bridgehead atoms. The lowest BCUT2D eigenvalue weighted by atomic mass is 9.83. The van der Waals surface area contributed by atoms with Gasteiger partial charge in [-0.25, -0.2) is 18.7 Å². The summed E-state index contributed by atoms with van der Waals surface area (Å²) in [5, 5.41) is 11.2. The molecule has 3 aliphatic rings. The molecule has 7 nitrogen and oxygen atoms in total. The van der Waals surface area contributed by atoms with Gasteiger partial charge in [0.2, 0.25) is 11.9 Å². The summed E-state index contributed by atoms with van der Waals surface area (Å²) < 4.78 is 29.7. The van der Waals surface area contributed by atoms with Gasteiger partial charge in [-0.3, -0.25) is 14.9 Å². The third-order valence-corrected chi connectivity index (χ3v) is 6.03. The van der Waals surface area contributed by atoms with E-state index in [-0.39, 0.29) is 48.1 Å². The zero-order valence-electron chi connectivity index (χ0n) is 15.9. The van der Waals surface area contributed by atoms with Gasteiger partial charge in [0.05, 0.1) is 23.4 Å². The Morgan fingerprint density at radius 3 is 2.63 bits per heavy atom. The summed E-state index contributed by atoms with van der Waals surface area (Å²) in [4.78, 5) is 34.3. The van der Waals surface area contributed by atoms with Crippen LogP contribution in [0.5, 0.6) is 0 Å². The molecule has 0 radical (unpaired) electrons. The molecule has 2 heterocycles. The first kappa shape index (κ1) is 18.6. The number of benzene rings is 1. The van der Waals surface area contributed by atoms with Crippen LogP contribution in [0.4, 0.5) is 14.7 Å². The number of nitrogens with one attached hydrogen (secondary N) is 1. The summed E-state index contributed by atoms with van der Waals surface area (Å²) in [5.74, 6) is -1.37. The number of amides is 2. The minimum absolute atomic E-state index is 0.00604. The number of nitrogens with zero attached hydrogens (tertiary/aromatic N) is 4. The Kier molecular flexibility index (Phi) is 4.07. The molecule has 1 N–H and O–H groups in total. The van der Waals surface area contributed by atoms with Crippen LogP contribution >= 0.6 is 0 Å². The first-order chi connectivity index (χ1) is 14.4. The molecule has 0 unspecified atom stereocenters.